The second-order valence-electron chi connectivity index (χ2n) is 10.4. The van der Waals surface area contributed by atoms with Crippen LogP contribution >= 0.6 is 0 Å². The minimum absolute atomic E-state index is 0.0223. The van der Waals surface area contributed by atoms with E-state index in [2.05, 4.69) is 16.3 Å². The number of nitrogens with zero attached hydrogens (tertiary/aromatic N) is 1. The normalized spacial score (nSPS) is 18.0. The molecule has 1 amide bonds. The number of halogens is 3. The van der Waals surface area contributed by atoms with Crippen LogP contribution in [-0.4, -0.2) is 43.0 Å². The minimum Gasteiger partial charge on any atom is -0.469 e. The van der Waals surface area contributed by atoms with E-state index in [0.717, 1.165) is 56.5 Å². The van der Waals surface area contributed by atoms with Gasteiger partial charge in [0.2, 0.25) is 0 Å². The van der Waals surface area contributed by atoms with Gasteiger partial charge >= 0.3 is 12.1 Å². The number of methoxy groups -OCH3 is 1. The zero-order chi connectivity index (χ0) is 27.7. The Hall–Kier alpha value is -3.65. The molecule has 1 saturated heterocycles. The Labute approximate surface area is 226 Å². The summed E-state index contributed by atoms with van der Waals surface area (Å²) in [5, 5.41) is 3.00. The molecule has 39 heavy (non-hydrogen) atoms. The fourth-order valence-electron chi connectivity index (χ4n) is 5.86. The molecule has 1 aliphatic heterocycles. The van der Waals surface area contributed by atoms with Crippen molar-refractivity contribution in [2.24, 2.45) is 5.92 Å². The quantitative estimate of drug-likeness (QED) is 0.390. The summed E-state index contributed by atoms with van der Waals surface area (Å²) in [6.07, 6.45) is -1.00. The van der Waals surface area contributed by atoms with E-state index in [1.165, 1.54) is 30.4 Å². The van der Waals surface area contributed by atoms with E-state index >= 15 is 0 Å². The van der Waals surface area contributed by atoms with Gasteiger partial charge in [-0.25, -0.2) is 0 Å². The van der Waals surface area contributed by atoms with Gasteiger partial charge in [0.1, 0.15) is 0 Å². The summed E-state index contributed by atoms with van der Waals surface area (Å²) in [4.78, 5) is 27.7. The lowest BCUT2D eigenvalue weighted by atomic mass is 9.93. The Morgan fingerprint density at radius 1 is 0.949 bits per heavy atom. The van der Waals surface area contributed by atoms with Crippen LogP contribution in [0.1, 0.15) is 45.5 Å². The number of ether oxygens (including phenoxy) is 1. The van der Waals surface area contributed by atoms with Gasteiger partial charge in [-0.1, -0.05) is 30.3 Å². The molecule has 1 heterocycles. The number of hydrogen-bond acceptors (Lipinski definition) is 4. The molecule has 0 bridgehead atoms. The molecule has 0 radical (unpaired) electrons. The molecule has 0 aromatic heterocycles. The number of fused-ring (bicyclic) bond motifs is 1. The third-order valence-electron chi connectivity index (χ3n) is 7.97. The fraction of sp³-hybridized carbons (Fsp3) is 0.355. The number of likely N-dealkylation sites (tertiary alicyclic amines) is 1. The molecule has 3 aromatic rings. The number of esters is 1. The molecule has 2 aliphatic rings. The lowest BCUT2D eigenvalue weighted by Gasteiger charge is -2.35. The number of benzene rings is 3. The Bertz CT molecular complexity index is 1380. The maximum absolute atomic E-state index is 13.4. The van der Waals surface area contributed by atoms with Crippen LogP contribution in [0.5, 0.6) is 0 Å². The topological polar surface area (TPSA) is 58.6 Å². The van der Waals surface area contributed by atoms with E-state index in [4.69, 9.17) is 4.74 Å². The van der Waals surface area contributed by atoms with E-state index in [1.807, 2.05) is 25.1 Å². The molecule has 3 aromatic carbocycles. The van der Waals surface area contributed by atoms with Crippen molar-refractivity contribution in [1.82, 2.24) is 4.90 Å². The van der Waals surface area contributed by atoms with Crippen LogP contribution < -0.4 is 5.32 Å². The van der Waals surface area contributed by atoms with Gasteiger partial charge < -0.3 is 10.1 Å². The molecule has 1 unspecified atom stereocenters. The number of carbonyl (C=O) groups excluding carboxylic acids is 2. The van der Waals surface area contributed by atoms with Gasteiger partial charge in [0, 0.05) is 17.3 Å². The van der Waals surface area contributed by atoms with E-state index in [-0.39, 0.29) is 17.8 Å². The fourth-order valence-corrected chi connectivity index (χ4v) is 5.86. The summed E-state index contributed by atoms with van der Waals surface area (Å²) in [5.74, 6) is -0.459. The molecule has 1 fully saturated rings. The van der Waals surface area contributed by atoms with Gasteiger partial charge in [-0.15, -0.1) is 0 Å². The maximum atomic E-state index is 13.4. The van der Waals surface area contributed by atoms with Crippen LogP contribution in [0.4, 0.5) is 18.9 Å². The number of nitrogens with one attached hydrogen (secondary N) is 1. The van der Waals surface area contributed by atoms with Crippen molar-refractivity contribution in [3.8, 4) is 11.1 Å². The summed E-state index contributed by atoms with van der Waals surface area (Å²) < 4.78 is 44.1. The third kappa shape index (κ3) is 5.71. The molecule has 204 valence electrons. The molecule has 0 saturated carbocycles. The number of rotatable bonds is 5. The molecule has 5 nitrogen and oxygen atoms in total. The Balaban J connectivity index is 1.29. The molecule has 0 spiro atoms. The first-order valence-corrected chi connectivity index (χ1v) is 13.2. The minimum atomic E-state index is -4.42. The maximum Gasteiger partial charge on any atom is 0.416 e. The average Bonchev–Trinajstić information content (AvgIpc) is 3.35. The van der Waals surface area contributed by atoms with Crippen molar-refractivity contribution >= 4 is 17.6 Å². The molecule has 1 N–H and O–H groups in total. The highest BCUT2D eigenvalue weighted by atomic mass is 19.4. The monoisotopic (exact) mass is 536 g/mol. The van der Waals surface area contributed by atoms with Crippen LogP contribution in [0, 0.1) is 12.8 Å². The molecule has 1 aliphatic carbocycles. The highest BCUT2D eigenvalue weighted by Crippen LogP contribution is 2.34. The first kappa shape index (κ1) is 26.9. The van der Waals surface area contributed by atoms with Crippen LogP contribution in [0.2, 0.25) is 0 Å². The second kappa shape index (κ2) is 10.8. The largest absolute Gasteiger partial charge is 0.469 e. The average molecular weight is 537 g/mol. The molecular weight excluding hydrogens is 505 g/mol. The molecule has 8 heteroatoms. The predicted octanol–water partition coefficient (Wildman–Crippen LogP) is 6.29. The Kier molecular flexibility index (Phi) is 7.49. The highest BCUT2D eigenvalue weighted by Gasteiger charge is 2.33. The van der Waals surface area contributed by atoms with Gasteiger partial charge in [0.15, 0.2) is 0 Å². The van der Waals surface area contributed by atoms with Crippen molar-refractivity contribution in [2.45, 2.75) is 44.8 Å². The van der Waals surface area contributed by atoms with Gasteiger partial charge in [0.05, 0.1) is 18.6 Å². The summed E-state index contributed by atoms with van der Waals surface area (Å²) in [6.45, 7) is 3.57. The third-order valence-corrected chi connectivity index (χ3v) is 7.97. The summed E-state index contributed by atoms with van der Waals surface area (Å²) in [7, 11) is 1.44. The van der Waals surface area contributed by atoms with Crippen LogP contribution in [0.3, 0.4) is 0 Å². The van der Waals surface area contributed by atoms with Gasteiger partial charge in [-0.05, 0) is 104 Å². The number of aryl methyl sites for hydroxylation is 1. The van der Waals surface area contributed by atoms with Crippen molar-refractivity contribution in [3.05, 3.63) is 88.5 Å². The number of alkyl halides is 3. The second-order valence-corrected chi connectivity index (χ2v) is 10.4. The lowest BCUT2D eigenvalue weighted by Crippen LogP contribution is -2.43. The summed E-state index contributed by atoms with van der Waals surface area (Å²) >= 11 is 0. The standard InChI is InChI=1S/C31H31F3N2O3/c1-19-4-3-5-27(28(19)20-6-9-24(10-7-20)31(32,33)34)29(37)35-25-11-8-22-17-26(18-23(22)16-25)36-14-12-21(13-15-36)30(38)39-2/h3-11,16,21,26H,12-15,17-18H2,1-2H3,(H,35,37). The molecule has 5 rings (SSSR count). The van der Waals surface area contributed by atoms with Crippen molar-refractivity contribution in [1.29, 1.82) is 0 Å². The van der Waals surface area contributed by atoms with Crippen molar-refractivity contribution in [2.75, 3.05) is 25.5 Å². The van der Waals surface area contributed by atoms with Gasteiger partial charge in [0.25, 0.3) is 5.91 Å². The first-order chi connectivity index (χ1) is 18.6. The van der Waals surface area contributed by atoms with Crippen molar-refractivity contribution < 1.29 is 27.5 Å². The van der Waals surface area contributed by atoms with Crippen LogP contribution in [0.15, 0.2) is 60.7 Å². The number of anilines is 1. The molecule has 1 atom stereocenters. The Morgan fingerprint density at radius 3 is 2.31 bits per heavy atom. The first-order valence-electron chi connectivity index (χ1n) is 13.2. The molecular formula is C31H31F3N2O3. The summed E-state index contributed by atoms with van der Waals surface area (Å²) in [6, 6.07) is 16.5. The Morgan fingerprint density at radius 2 is 1.64 bits per heavy atom. The smallest absolute Gasteiger partial charge is 0.416 e. The number of amides is 1. The van der Waals surface area contributed by atoms with E-state index in [0.29, 0.717) is 28.4 Å². The van der Waals surface area contributed by atoms with Crippen LogP contribution in [0.25, 0.3) is 11.1 Å². The van der Waals surface area contributed by atoms with Crippen molar-refractivity contribution in [3.63, 3.8) is 0 Å². The van der Waals surface area contributed by atoms with Gasteiger partial charge in [-0.2, -0.15) is 13.2 Å². The number of carbonyl (C=O) groups is 2. The van der Waals surface area contributed by atoms with E-state index < -0.39 is 11.7 Å². The highest BCUT2D eigenvalue weighted by molar-refractivity contribution is 6.09. The van der Waals surface area contributed by atoms with E-state index in [1.54, 1.807) is 12.1 Å². The van der Waals surface area contributed by atoms with Gasteiger partial charge in [-0.3, -0.25) is 14.5 Å². The number of hydrogen-bond donors (Lipinski definition) is 1. The van der Waals surface area contributed by atoms with Crippen LogP contribution in [-0.2, 0) is 28.5 Å². The van der Waals surface area contributed by atoms with E-state index in [9.17, 15) is 22.8 Å². The number of piperidine rings is 1. The SMILES string of the molecule is COC(=O)C1CCN(C2Cc3ccc(NC(=O)c4cccc(C)c4-c4ccc(C(F)(F)F)cc4)cc3C2)CC1. The summed E-state index contributed by atoms with van der Waals surface area (Å²) in [5.41, 5.74) is 4.78. The zero-order valence-electron chi connectivity index (χ0n) is 22.0. The lowest BCUT2D eigenvalue weighted by molar-refractivity contribution is -0.147. The predicted molar refractivity (Wildman–Crippen MR) is 144 cm³/mol. The zero-order valence-corrected chi connectivity index (χ0v) is 22.0.